The van der Waals surface area contributed by atoms with Gasteiger partial charge in [0, 0.05) is 18.2 Å². The first-order valence-corrected chi connectivity index (χ1v) is 6.41. The molecule has 0 bridgehead atoms. The lowest BCUT2D eigenvalue weighted by molar-refractivity contribution is -0.119. The Bertz CT molecular complexity index is 604. The van der Waals surface area contributed by atoms with E-state index in [0.29, 0.717) is 12.6 Å². The number of amides is 2. The highest BCUT2D eigenvalue weighted by Gasteiger charge is 2.11. The number of hydrogen-bond acceptors (Lipinski definition) is 2. The zero-order valence-electron chi connectivity index (χ0n) is 11.2. The number of nitrogens with one attached hydrogen (secondary N) is 2. The van der Waals surface area contributed by atoms with E-state index in [2.05, 4.69) is 10.6 Å². The van der Waals surface area contributed by atoms with E-state index in [-0.39, 0.29) is 18.0 Å². The molecule has 0 fully saturated rings. The molecule has 6 heteroatoms. The maximum absolute atomic E-state index is 13.0. The number of carbonyl (C=O) groups is 2. The molecule has 0 heterocycles. The second-order valence-electron chi connectivity index (χ2n) is 4.53. The van der Waals surface area contributed by atoms with Crippen LogP contribution in [0.15, 0.2) is 42.0 Å². The summed E-state index contributed by atoms with van der Waals surface area (Å²) in [6.45, 7) is 0.133. The molecule has 110 valence electrons. The molecule has 0 saturated carbocycles. The van der Waals surface area contributed by atoms with E-state index in [1.807, 2.05) is 18.2 Å². The Morgan fingerprint density at radius 3 is 2.43 bits per heavy atom. The smallest absolute Gasteiger partial charge is 0.251 e. The number of hydrogen-bond donors (Lipinski definition) is 2. The third-order valence-corrected chi connectivity index (χ3v) is 2.87. The lowest BCUT2D eigenvalue weighted by Crippen LogP contribution is -2.37. The van der Waals surface area contributed by atoms with E-state index < -0.39 is 17.5 Å². The number of allylic oxidation sites excluding steroid dienone is 2. The first-order chi connectivity index (χ1) is 10.0. The topological polar surface area (TPSA) is 58.2 Å². The normalized spacial score (nSPS) is 13.0. The van der Waals surface area contributed by atoms with Gasteiger partial charge in [-0.15, -0.1) is 0 Å². The number of carbonyl (C=O) groups excluding carboxylic acids is 2. The molecule has 0 saturated heterocycles. The molecule has 0 unspecified atom stereocenters. The van der Waals surface area contributed by atoms with Crippen molar-refractivity contribution in [1.82, 2.24) is 10.6 Å². The van der Waals surface area contributed by atoms with Crippen LogP contribution >= 0.6 is 0 Å². The molecule has 2 amide bonds. The maximum Gasteiger partial charge on any atom is 0.251 e. The van der Waals surface area contributed by atoms with E-state index in [1.54, 1.807) is 0 Å². The van der Waals surface area contributed by atoms with Crippen LogP contribution in [0.5, 0.6) is 0 Å². The van der Waals surface area contributed by atoms with Crippen LogP contribution in [0.4, 0.5) is 8.78 Å². The molecule has 1 aromatic carbocycles. The summed E-state index contributed by atoms with van der Waals surface area (Å²) in [6.07, 6.45) is 6.72. The Kier molecular flexibility index (Phi) is 4.81. The molecule has 0 aliphatic heterocycles. The fraction of sp³-hybridized carbons (Fsp3) is 0.200. The highest BCUT2D eigenvalue weighted by molar-refractivity contribution is 5.96. The summed E-state index contributed by atoms with van der Waals surface area (Å²) in [7, 11) is 0. The van der Waals surface area contributed by atoms with E-state index >= 15 is 0 Å². The number of halogens is 2. The monoisotopic (exact) mass is 292 g/mol. The predicted octanol–water partition coefficient (Wildman–Crippen LogP) is 1.70. The third kappa shape index (κ3) is 4.52. The minimum atomic E-state index is -0.843. The largest absolute Gasteiger partial charge is 0.351 e. The van der Waals surface area contributed by atoms with E-state index in [0.717, 1.165) is 24.1 Å². The fourth-order valence-corrected chi connectivity index (χ4v) is 1.85. The van der Waals surface area contributed by atoms with Crippen LogP contribution in [-0.4, -0.2) is 24.9 Å². The third-order valence-electron chi connectivity index (χ3n) is 2.87. The van der Waals surface area contributed by atoms with Crippen LogP contribution in [0, 0.1) is 11.6 Å². The van der Waals surface area contributed by atoms with Crippen molar-refractivity contribution in [2.24, 2.45) is 0 Å². The number of benzene rings is 1. The van der Waals surface area contributed by atoms with Gasteiger partial charge in [0.15, 0.2) is 0 Å². The molecule has 0 radical (unpaired) electrons. The van der Waals surface area contributed by atoms with Gasteiger partial charge in [0.2, 0.25) is 5.91 Å². The molecule has 0 spiro atoms. The molecule has 1 aliphatic carbocycles. The van der Waals surface area contributed by atoms with Gasteiger partial charge >= 0.3 is 0 Å². The van der Waals surface area contributed by atoms with Gasteiger partial charge in [-0.25, -0.2) is 8.78 Å². The second kappa shape index (κ2) is 6.78. The zero-order valence-corrected chi connectivity index (χ0v) is 11.2. The summed E-state index contributed by atoms with van der Waals surface area (Å²) >= 11 is 0. The Morgan fingerprint density at radius 1 is 1.10 bits per heavy atom. The Hall–Kier alpha value is -2.50. The minimum Gasteiger partial charge on any atom is -0.351 e. The molecular weight excluding hydrogens is 278 g/mol. The van der Waals surface area contributed by atoms with Gasteiger partial charge in [-0.1, -0.05) is 18.2 Å². The van der Waals surface area contributed by atoms with Crippen molar-refractivity contribution in [2.75, 3.05) is 13.1 Å². The van der Waals surface area contributed by atoms with Crippen molar-refractivity contribution < 1.29 is 18.4 Å². The number of rotatable bonds is 5. The minimum absolute atomic E-state index is 0.165. The van der Waals surface area contributed by atoms with Gasteiger partial charge in [0.1, 0.15) is 11.6 Å². The van der Waals surface area contributed by atoms with Crippen molar-refractivity contribution in [3.8, 4) is 0 Å². The van der Waals surface area contributed by atoms with E-state index in [4.69, 9.17) is 0 Å². The summed E-state index contributed by atoms with van der Waals surface area (Å²) in [5, 5.41) is 4.94. The van der Waals surface area contributed by atoms with Crippen molar-refractivity contribution >= 4 is 11.8 Å². The predicted molar refractivity (Wildman–Crippen MR) is 73.5 cm³/mol. The summed E-state index contributed by atoms with van der Waals surface area (Å²) in [5.41, 5.74) is 0.837. The van der Waals surface area contributed by atoms with Crippen LogP contribution in [0.25, 0.3) is 0 Å². The second-order valence-corrected chi connectivity index (χ2v) is 4.53. The molecule has 1 aliphatic rings. The first kappa shape index (κ1) is 14.9. The molecule has 1 aromatic rings. The fourth-order valence-electron chi connectivity index (χ4n) is 1.85. The van der Waals surface area contributed by atoms with Crippen LogP contribution in [0.2, 0.25) is 0 Å². The summed E-state index contributed by atoms with van der Waals surface area (Å²) < 4.78 is 25.9. The Morgan fingerprint density at radius 2 is 1.81 bits per heavy atom. The molecular formula is C15H14F2N2O2. The molecule has 2 N–H and O–H groups in total. The van der Waals surface area contributed by atoms with E-state index in [9.17, 15) is 18.4 Å². The lowest BCUT2D eigenvalue weighted by Gasteiger charge is -2.07. The molecule has 21 heavy (non-hydrogen) atoms. The summed E-state index contributed by atoms with van der Waals surface area (Å²) in [5.74, 6) is -2.76. The van der Waals surface area contributed by atoms with Crippen LogP contribution in [-0.2, 0) is 4.79 Å². The van der Waals surface area contributed by atoms with Crippen molar-refractivity contribution in [2.45, 2.75) is 6.42 Å². The van der Waals surface area contributed by atoms with Crippen LogP contribution in [0.3, 0.4) is 0 Å². The standard InChI is InChI=1S/C15H14F2N2O2/c16-12-5-11(6-13(17)7-12)15(21)19-9-14(20)18-8-10-3-1-2-4-10/h1,3-7H,2,8-9H2,(H,18,20)(H,19,21). The Balaban J connectivity index is 1.80. The van der Waals surface area contributed by atoms with Gasteiger partial charge in [0.05, 0.1) is 6.54 Å². The zero-order chi connectivity index (χ0) is 15.2. The molecule has 0 atom stereocenters. The highest BCUT2D eigenvalue weighted by atomic mass is 19.1. The molecule has 0 aromatic heterocycles. The van der Waals surface area contributed by atoms with Gasteiger partial charge in [-0.3, -0.25) is 9.59 Å². The quantitative estimate of drug-likeness (QED) is 0.868. The molecule has 2 rings (SSSR count). The van der Waals surface area contributed by atoms with Gasteiger partial charge < -0.3 is 10.6 Å². The highest BCUT2D eigenvalue weighted by Crippen LogP contribution is 2.08. The first-order valence-electron chi connectivity index (χ1n) is 6.41. The summed E-state index contributed by atoms with van der Waals surface area (Å²) in [6, 6.07) is 2.49. The maximum atomic E-state index is 13.0. The molecule has 4 nitrogen and oxygen atoms in total. The summed E-state index contributed by atoms with van der Waals surface area (Å²) in [4.78, 5) is 23.2. The van der Waals surface area contributed by atoms with Crippen molar-refractivity contribution in [1.29, 1.82) is 0 Å². The SMILES string of the molecule is O=C(CNC(=O)c1cc(F)cc(F)c1)NCC1=CCC=C1. The average Bonchev–Trinajstić information content (AvgIpc) is 2.94. The van der Waals surface area contributed by atoms with Gasteiger partial charge in [-0.2, -0.15) is 0 Å². The van der Waals surface area contributed by atoms with Gasteiger partial charge in [-0.05, 0) is 24.1 Å². The van der Waals surface area contributed by atoms with Crippen LogP contribution < -0.4 is 10.6 Å². The average molecular weight is 292 g/mol. The Labute approximate surface area is 120 Å². The van der Waals surface area contributed by atoms with Gasteiger partial charge in [0.25, 0.3) is 5.91 Å². The lowest BCUT2D eigenvalue weighted by atomic mass is 10.2. The van der Waals surface area contributed by atoms with Crippen molar-refractivity contribution in [3.05, 3.63) is 59.2 Å². The van der Waals surface area contributed by atoms with Crippen molar-refractivity contribution in [3.63, 3.8) is 0 Å². The van der Waals surface area contributed by atoms with Crippen LogP contribution in [0.1, 0.15) is 16.8 Å². The van der Waals surface area contributed by atoms with E-state index in [1.165, 1.54) is 0 Å².